The van der Waals surface area contributed by atoms with Crippen molar-refractivity contribution in [1.82, 2.24) is 13.9 Å². The van der Waals surface area contributed by atoms with Crippen molar-refractivity contribution in [2.24, 2.45) is 0 Å². The van der Waals surface area contributed by atoms with E-state index in [1.165, 1.54) is 11.5 Å². The standard InChI is InChI=1S/C18H20N4O2S/c1-24-11-9-16-20-18(25-21-16)19-12-14-5-7-15(8-6-14)13-22-10-3-2-4-17(22)23/h2-8,10H,9,11-13H2,1H3,(H,19,20,21). The average Bonchev–Trinajstić information content (AvgIpc) is 3.09. The number of anilines is 1. The van der Waals surface area contributed by atoms with Crippen molar-refractivity contribution < 1.29 is 4.74 Å². The monoisotopic (exact) mass is 356 g/mol. The van der Waals surface area contributed by atoms with E-state index < -0.39 is 0 Å². The Kier molecular flexibility index (Phi) is 5.92. The summed E-state index contributed by atoms with van der Waals surface area (Å²) in [5.74, 6) is 0.804. The van der Waals surface area contributed by atoms with E-state index in [0.29, 0.717) is 19.7 Å². The van der Waals surface area contributed by atoms with E-state index in [1.54, 1.807) is 30.0 Å². The fourth-order valence-corrected chi connectivity index (χ4v) is 2.96. The number of pyridine rings is 1. The fraction of sp³-hybridized carbons (Fsp3) is 0.278. The molecule has 25 heavy (non-hydrogen) atoms. The molecule has 0 fully saturated rings. The molecular weight excluding hydrogens is 336 g/mol. The molecule has 6 nitrogen and oxygen atoms in total. The molecule has 0 aliphatic carbocycles. The molecule has 0 bridgehead atoms. The molecule has 3 aromatic rings. The number of aromatic nitrogens is 3. The molecule has 0 saturated heterocycles. The van der Waals surface area contributed by atoms with Gasteiger partial charge in [0.2, 0.25) is 5.13 Å². The Bertz CT molecular complexity index is 858. The van der Waals surface area contributed by atoms with Crippen LogP contribution in [0.2, 0.25) is 0 Å². The number of ether oxygens (including phenoxy) is 1. The summed E-state index contributed by atoms with van der Waals surface area (Å²) >= 11 is 1.36. The topological polar surface area (TPSA) is 69.0 Å². The third-order valence-electron chi connectivity index (χ3n) is 3.72. The minimum Gasteiger partial charge on any atom is -0.384 e. The Balaban J connectivity index is 1.55. The van der Waals surface area contributed by atoms with Crippen molar-refractivity contribution in [3.05, 3.63) is 76.0 Å². The summed E-state index contributed by atoms with van der Waals surface area (Å²) in [5, 5.41) is 4.10. The first-order valence-electron chi connectivity index (χ1n) is 8.03. The highest BCUT2D eigenvalue weighted by Gasteiger charge is 2.04. The highest BCUT2D eigenvalue weighted by Crippen LogP contribution is 2.13. The second-order valence-electron chi connectivity index (χ2n) is 5.60. The Morgan fingerprint density at radius 2 is 1.96 bits per heavy atom. The number of rotatable bonds is 8. The normalized spacial score (nSPS) is 10.8. The largest absolute Gasteiger partial charge is 0.384 e. The van der Waals surface area contributed by atoms with Gasteiger partial charge in [-0.15, -0.1) is 0 Å². The number of hydrogen-bond acceptors (Lipinski definition) is 6. The summed E-state index contributed by atoms with van der Waals surface area (Å²) in [4.78, 5) is 16.2. The molecule has 0 saturated carbocycles. The van der Waals surface area contributed by atoms with E-state index in [4.69, 9.17) is 4.74 Å². The predicted octanol–water partition coefficient (Wildman–Crippen LogP) is 2.55. The summed E-state index contributed by atoms with van der Waals surface area (Å²) in [6.07, 6.45) is 2.52. The maximum absolute atomic E-state index is 11.8. The van der Waals surface area contributed by atoms with Gasteiger partial charge in [0.05, 0.1) is 13.2 Å². The van der Waals surface area contributed by atoms with Crippen LogP contribution in [0.3, 0.4) is 0 Å². The molecule has 0 aliphatic rings. The second kappa shape index (κ2) is 8.55. The smallest absolute Gasteiger partial charge is 0.250 e. The highest BCUT2D eigenvalue weighted by molar-refractivity contribution is 7.09. The number of methoxy groups -OCH3 is 1. The van der Waals surface area contributed by atoms with Gasteiger partial charge in [0.25, 0.3) is 5.56 Å². The molecule has 130 valence electrons. The van der Waals surface area contributed by atoms with Gasteiger partial charge in [-0.2, -0.15) is 4.37 Å². The highest BCUT2D eigenvalue weighted by atomic mass is 32.1. The van der Waals surface area contributed by atoms with Gasteiger partial charge in [-0.3, -0.25) is 4.79 Å². The summed E-state index contributed by atoms with van der Waals surface area (Å²) in [7, 11) is 1.67. The van der Waals surface area contributed by atoms with Crippen molar-refractivity contribution in [3.63, 3.8) is 0 Å². The lowest BCUT2D eigenvalue weighted by molar-refractivity contribution is 0.201. The van der Waals surface area contributed by atoms with Crippen LogP contribution in [0.1, 0.15) is 17.0 Å². The van der Waals surface area contributed by atoms with Crippen LogP contribution in [0, 0.1) is 0 Å². The summed E-state index contributed by atoms with van der Waals surface area (Å²) in [5.41, 5.74) is 2.25. The van der Waals surface area contributed by atoms with E-state index in [1.807, 2.05) is 18.2 Å². The first kappa shape index (κ1) is 17.3. The maximum atomic E-state index is 11.8. The van der Waals surface area contributed by atoms with Gasteiger partial charge in [-0.25, -0.2) is 4.98 Å². The molecule has 0 amide bonds. The van der Waals surface area contributed by atoms with Gasteiger partial charge in [0, 0.05) is 43.9 Å². The zero-order valence-corrected chi connectivity index (χ0v) is 14.8. The minimum absolute atomic E-state index is 0.00814. The Morgan fingerprint density at radius 1 is 1.16 bits per heavy atom. The Labute approximate surface area is 150 Å². The summed E-state index contributed by atoms with van der Waals surface area (Å²) in [6.45, 7) is 1.89. The fourth-order valence-electron chi connectivity index (χ4n) is 2.35. The van der Waals surface area contributed by atoms with Crippen molar-refractivity contribution in [1.29, 1.82) is 0 Å². The van der Waals surface area contributed by atoms with E-state index in [0.717, 1.165) is 28.5 Å². The lowest BCUT2D eigenvalue weighted by Crippen LogP contribution is -2.18. The number of hydrogen-bond donors (Lipinski definition) is 1. The van der Waals surface area contributed by atoms with Gasteiger partial charge in [0.15, 0.2) is 0 Å². The van der Waals surface area contributed by atoms with E-state index in [9.17, 15) is 4.79 Å². The molecule has 0 radical (unpaired) electrons. The molecule has 0 spiro atoms. The van der Waals surface area contributed by atoms with E-state index in [2.05, 4.69) is 26.8 Å². The van der Waals surface area contributed by atoms with Gasteiger partial charge in [-0.05, 0) is 17.2 Å². The van der Waals surface area contributed by atoms with E-state index >= 15 is 0 Å². The minimum atomic E-state index is 0.00814. The zero-order valence-electron chi connectivity index (χ0n) is 14.0. The molecule has 1 aromatic carbocycles. The molecule has 7 heteroatoms. The van der Waals surface area contributed by atoms with Crippen molar-refractivity contribution in [3.8, 4) is 0 Å². The van der Waals surface area contributed by atoms with Crippen LogP contribution in [0.25, 0.3) is 0 Å². The zero-order chi connectivity index (χ0) is 17.5. The molecule has 1 N–H and O–H groups in total. The number of benzene rings is 1. The van der Waals surface area contributed by atoms with Crippen molar-refractivity contribution >= 4 is 16.7 Å². The van der Waals surface area contributed by atoms with Gasteiger partial charge in [0.1, 0.15) is 5.82 Å². The molecule has 0 atom stereocenters. The Hall–Kier alpha value is -2.51. The maximum Gasteiger partial charge on any atom is 0.250 e. The predicted molar refractivity (Wildman–Crippen MR) is 99.1 cm³/mol. The van der Waals surface area contributed by atoms with Crippen LogP contribution in [0.15, 0.2) is 53.5 Å². The first-order valence-corrected chi connectivity index (χ1v) is 8.80. The summed E-state index contributed by atoms with van der Waals surface area (Å²) < 4.78 is 11.0. The first-order chi connectivity index (χ1) is 12.2. The lowest BCUT2D eigenvalue weighted by Gasteiger charge is -2.07. The second-order valence-corrected chi connectivity index (χ2v) is 6.35. The van der Waals surface area contributed by atoms with Gasteiger partial charge in [-0.1, -0.05) is 30.3 Å². The Morgan fingerprint density at radius 3 is 2.72 bits per heavy atom. The molecule has 0 unspecified atom stereocenters. The lowest BCUT2D eigenvalue weighted by atomic mass is 10.1. The van der Waals surface area contributed by atoms with Crippen LogP contribution in [-0.2, 0) is 24.2 Å². The van der Waals surface area contributed by atoms with Crippen LogP contribution < -0.4 is 10.9 Å². The molecular formula is C18H20N4O2S. The third-order valence-corrected chi connectivity index (χ3v) is 4.43. The van der Waals surface area contributed by atoms with Crippen LogP contribution in [-0.4, -0.2) is 27.6 Å². The van der Waals surface area contributed by atoms with Gasteiger partial charge >= 0.3 is 0 Å². The van der Waals surface area contributed by atoms with Crippen LogP contribution >= 0.6 is 11.5 Å². The van der Waals surface area contributed by atoms with Crippen molar-refractivity contribution in [2.45, 2.75) is 19.5 Å². The molecule has 2 aromatic heterocycles. The SMILES string of the molecule is COCCc1nsc(NCc2ccc(Cn3ccccc3=O)cc2)n1. The summed E-state index contributed by atoms with van der Waals surface area (Å²) in [6, 6.07) is 13.4. The number of nitrogens with one attached hydrogen (secondary N) is 1. The van der Waals surface area contributed by atoms with Crippen LogP contribution in [0.5, 0.6) is 0 Å². The van der Waals surface area contributed by atoms with E-state index in [-0.39, 0.29) is 5.56 Å². The quantitative estimate of drug-likeness (QED) is 0.672. The average molecular weight is 356 g/mol. The van der Waals surface area contributed by atoms with Crippen LogP contribution in [0.4, 0.5) is 5.13 Å². The molecule has 3 rings (SSSR count). The van der Waals surface area contributed by atoms with Crippen molar-refractivity contribution in [2.75, 3.05) is 19.0 Å². The van der Waals surface area contributed by atoms with Gasteiger partial charge < -0.3 is 14.6 Å². The molecule has 0 aliphatic heterocycles. The number of nitrogens with zero attached hydrogens (tertiary/aromatic N) is 3. The third kappa shape index (κ3) is 4.98. The molecule has 2 heterocycles.